The smallest absolute Gasteiger partial charge is 0.124 e. The van der Waals surface area contributed by atoms with Crippen LogP contribution in [-0.4, -0.2) is 7.11 Å². The van der Waals surface area contributed by atoms with Crippen LogP contribution in [0.3, 0.4) is 0 Å². The number of halogens is 2. The molecule has 0 heterocycles. The molecule has 0 saturated carbocycles. The predicted molar refractivity (Wildman–Crippen MR) is 59.8 cm³/mol. The minimum Gasteiger partial charge on any atom is -0.496 e. The lowest BCUT2D eigenvalue weighted by Crippen LogP contribution is -1.95. The van der Waals surface area contributed by atoms with Gasteiger partial charge >= 0.3 is 0 Å². The van der Waals surface area contributed by atoms with E-state index in [9.17, 15) is 0 Å². The molecule has 0 fully saturated rings. The summed E-state index contributed by atoms with van der Waals surface area (Å²) in [5, 5.41) is 0.688. The van der Waals surface area contributed by atoms with E-state index in [2.05, 4.69) is 29.8 Å². The minimum absolute atomic E-state index is 0.418. The zero-order valence-electron chi connectivity index (χ0n) is 7.90. The quantitative estimate of drug-likeness (QED) is 0.776. The number of benzene rings is 1. The Morgan fingerprint density at radius 3 is 2.46 bits per heavy atom. The summed E-state index contributed by atoms with van der Waals surface area (Å²) in [7, 11) is 1.66. The highest BCUT2D eigenvalue weighted by Gasteiger charge is 2.12. The van der Waals surface area contributed by atoms with Crippen LogP contribution in [0.15, 0.2) is 16.6 Å². The monoisotopic (exact) mass is 262 g/mol. The molecule has 0 aliphatic rings. The molecule has 0 aliphatic carbocycles. The first-order valence-corrected chi connectivity index (χ1v) is 5.26. The number of hydrogen-bond acceptors (Lipinski definition) is 1. The van der Waals surface area contributed by atoms with Gasteiger partial charge in [-0.2, -0.15) is 0 Å². The predicted octanol–water partition coefficient (Wildman–Crippen LogP) is 4.23. The molecule has 0 unspecified atom stereocenters. The maximum Gasteiger partial charge on any atom is 0.124 e. The highest BCUT2D eigenvalue weighted by Crippen LogP contribution is 2.35. The first-order chi connectivity index (χ1) is 6.06. The second kappa shape index (κ2) is 4.34. The molecule has 3 heteroatoms. The largest absolute Gasteiger partial charge is 0.496 e. The molecule has 13 heavy (non-hydrogen) atoms. The second-order valence-corrected chi connectivity index (χ2v) is 4.45. The third-order valence-corrected chi connectivity index (χ3v) is 2.73. The van der Waals surface area contributed by atoms with Gasteiger partial charge in [0.15, 0.2) is 0 Å². The van der Waals surface area contributed by atoms with Gasteiger partial charge in [0.2, 0.25) is 0 Å². The topological polar surface area (TPSA) is 9.23 Å². The molecule has 0 saturated heterocycles. The van der Waals surface area contributed by atoms with Gasteiger partial charge in [-0.3, -0.25) is 0 Å². The van der Waals surface area contributed by atoms with Crippen LogP contribution in [0.1, 0.15) is 25.3 Å². The summed E-state index contributed by atoms with van der Waals surface area (Å²) in [6, 6.07) is 3.72. The zero-order valence-corrected chi connectivity index (χ0v) is 10.2. The molecule has 0 radical (unpaired) electrons. The van der Waals surface area contributed by atoms with Crippen molar-refractivity contribution in [1.82, 2.24) is 0 Å². The van der Waals surface area contributed by atoms with Crippen molar-refractivity contribution in [2.24, 2.45) is 0 Å². The Morgan fingerprint density at radius 2 is 2.00 bits per heavy atom. The van der Waals surface area contributed by atoms with Crippen molar-refractivity contribution in [2.75, 3.05) is 7.11 Å². The first-order valence-electron chi connectivity index (χ1n) is 4.09. The Morgan fingerprint density at radius 1 is 1.38 bits per heavy atom. The van der Waals surface area contributed by atoms with E-state index in [1.165, 1.54) is 0 Å². The standard InChI is InChI=1S/C10H12BrClO/c1-6(2)10-8(11)4-7(12)5-9(10)13-3/h4-6H,1-3H3. The number of ether oxygens (including phenoxy) is 1. The molecule has 0 atom stereocenters. The van der Waals surface area contributed by atoms with Gasteiger partial charge in [-0.15, -0.1) is 0 Å². The van der Waals surface area contributed by atoms with Gasteiger partial charge in [0.1, 0.15) is 5.75 Å². The molecule has 1 nitrogen and oxygen atoms in total. The first kappa shape index (κ1) is 10.9. The van der Waals surface area contributed by atoms with Gasteiger partial charge in [0.25, 0.3) is 0 Å². The molecular formula is C10H12BrClO. The lowest BCUT2D eigenvalue weighted by Gasteiger charge is -2.14. The highest BCUT2D eigenvalue weighted by atomic mass is 79.9. The number of hydrogen-bond donors (Lipinski definition) is 0. The third kappa shape index (κ3) is 2.38. The van der Waals surface area contributed by atoms with Crippen LogP contribution in [0, 0.1) is 0 Å². The van der Waals surface area contributed by atoms with Crippen LogP contribution in [0.2, 0.25) is 5.02 Å². The molecule has 1 rings (SSSR count). The fraction of sp³-hybridized carbons (Fsp3) is 0.400. The molecule has 72 valence electrons. The number of rotatable bonds is 2. The summed E-state index contributed by atoms with van der Waals surface area (Å²) in [4.78, 5) is 0. The van der Waals surface area contributed by atoms with E-state index in [4.69, 9.17) is 16.3 Å². The molecule has 0 bridgehead atoms. The molecule has 0 aromatic heterocycles. The molecule has 0 aliphatic heterocycles. The van der Waals surface area contributed by atoms with E-state index in [1.807, 2.05) is 12.1 Å². The average molecular weight is 264 g/mol. The van der Waals surface area contributed by atoms with Gasteiger partial charge in [0, 0.05) is 15.1 Å². The van der Waals surface area contributed by atoms with Crippen LogP contribution in [0.5, 0.6) is 5.75 Å². The number of methoxy groups -OCH3 is 1. The van der Waals surface area contributed by atoms with Crippen molar-refractivity contribution in [3.63, 3.8) is 0 Å². The van der Waals surface area contributed by atoms with E-state index in [0.29, 0.717) is 10.9 Å². The van der Waals surface area contributed by atoms with E-state index in [-0.39, 0.29) is 0 Å². The average Bonchev–Trinajstić information content (AvgIpc) is 2.01. The summed E-state index contributed by atoms with van der Waals surface area (Å²) in [5.41, 5.74) is 1.16. The van der Waals surface area contributed by atoms with Crippen LogP contribution in [0.4, 0.5) is 0 Å². The van der Waals surface area contributed by atoms with Gasteiger partial charge in [-0.25, -0.2) is 0 Å². The van der Waals surface area contributed by atoms with Gasteiger partial charge in [0.05, 0.1) is 7.11 Å². The van der Waals surface area contributed by atoms with Gasteiger partial charge in [-0.05, 0) is 18.1 Å². The second-order valence-electron chi connectivity index (χ2n) is 3.16. The van der Waals surface area contributed by atoms with Crippen LogP contribution in [0.25, 0.3) is 0 Å². The van der Waals surface area contributed by atoms with E-state index < -0.39 is 0 Å². The Labute approximate surface area is 92.2 Å². The van der Waals surface area contributed by atoms with Gasteiger partial charge in [-0.1, -0.05) is 41.4 Å². The van der Waals surface area contributed by atoms with E-state index in [0.717, 1.165) is 15.8 Å². The molecule has 1 aromatic rings. The van der Waals surface area contributed by atoms with Crippen molar-refractivity contribution in [3.8, 4) is 5.75 Å². The molecule has 0 spiro atoms. The molecule has 0 N–H and O–H groups in total. The molecular weight excluding hydrogens is 251 g/mol. The summed E-state index contributed by atoms with van der Waals surface area (Å²) >= 11 is 9.37. The normalized spacial score (nSPS) is 10.6. The van der Waals surface area contributed by atoms with Crippen LogP contribution >= 0.6 is 27.5 Å². The summed E-state index contributed by atoms with van der Waals surface area (Å²) in [6.45, 7) is 4.24. The van der Waals surface area contributed by atoms with Crippen molar-refractivity contribution >= 4 is 27.5 Å². The molecule has 0 amide bonds. The molecule has 1 aromatic carbocycles. The lowest BCUT2D eigenvalue weighted by molar-refractivity contribution is 0.407. The maximum atomic E-state index is 5.90. The summed E-state index contributed by atoms with van der Waals surface area (Å²) in [6.07, 6.45) is 0. The lowest BCUT2D eigenvalue weighted by atomic mass is 10.0. The highest BCUT2D eigenvalue weighted by molar-refractivity contribution is 9.10. The Hall–Kier alpha value is -0.210. The zero-order chi connectivity index (χ0) is 10.0. The summed E-state index contributed by atoms with van der Waals surface area (Å²) in [5.74, 6) is 1.26. The minimum atomic E-state index is 0.418. The van der Waals surface area contributed by atoms with Crippen molar-refractivity contribution < 1.29 is 4.74 Å². The Bertz CT molecular complexity index is 310. The fourth-order valence-electron chi connectivity index (χ4n) is 1.29. The summed E-state index contributed by atoms with van der Waals surface area (Å²) < 4.78 is 6.26. The fourth-order valence-corrected chi connectivity index (χ4v) is 2.53. The Balaban J connectivity index is 3.30. The van der Waals surface area contributed by atoms with Crippen LogP contribution in [-0.2, 0) is 0 Å². The van der Waals surface area contributed by atoms with E-state index in [1.54, 1.807) is 7.11 Å². The van der Waals surface area contributed by atoms with Crippen LogP contribution < -0.4 is 4.74 Å². The van der Waals surface area contributed by atoms with Crippen molar-refractivity contribution in [1.29, 1.82) is 0 Å². The Kier molecular flexibility index (Phi) is 3.63. The van der Waals surface area contributed by atoms with Gasteiger partial charge < -0.3 is 4.74 Å². The third-order valence-electron chi connectivity index (χ3n) is 1.85. The SMILES string of the molecule is COc1cc(Cl)cc(Br)c1C(C)C. The van der Waals surface area contributed by atoms with E-state index >= 15 is 0 Å². The van der Waals surface area contributed by atoms with Crippen molar-refractivity contribution in [3.05, 3.63) is 27.2 Å². The maximum absolute atomic E-state index is 5.90. The van der Waals surface area contributed by atoms with Crippen molar-refractivity contribution in [2.45, 2.75) is 19.8 Å².